The predicted octanol–water partition coefficient (Wildman–Crippen LogP) is 4.86. The third-order valence-electron chi connectivity index (χ3n) is 4.94. The molecule has 0 radical (unpaired) electrons. The molecule has 33 heavy (non-hydrogen) atoms. The number of benzene rings is 3. The summed E-state index contributed by atoms with van der Waals surface area (Å²) in [6, 6.07) is 17.2. The van der Waals surface area contributed by atoms with Gasteiger partial charge in [0.2, 0.25) is 5.75 Å². The van der Waals surface area contributed by atoms with E-state index in [4.69, 9.17) is 14.2 Å². The minimum Gasteiger partial charge on any atom is -0.493 e. The first-order chi connectivity index (χ1) is 16.1. The van der Waals surface area contributed by atoms with Crippen LogP contribution in [0.2, 0.25) is 0 Å². The summed E-state index contributed by atoms with van der Waals surface area (Å²) < 4.78 is 32.9. The van der Waals surface area contributed by atoms with Crippen molar-refractivity contribution in [1.29, 1.82) is 0 Å². The van der Waals surface area contributed by atoms with E-state index >= 15 is 0 Å². The molecule has 0 saturated heterocycles. The van der Waals surface area contributed by atoms with Gasteiger partial charge in [-0.3, -0.25) is 4.79 Å². The summed E-state index contributed by atoms with van der Waals surface area (Å²) in [5.41, 5.74) is 1.89. The molecule has 1 heterocycles. The van der Waals surface area contributed by atoms with Crippen molar-refractivity contribution in [3.8, 4) is 22.9 Å². The summed E-state index contributed by atoms with van der Waals surface area (Å²) >= 11 is 0. The second-order valence-electron chi connectivity index (χ2n) is 7.07. The monoisotopic (exact) mass is 447 g/mol. The molecule has 0 bridgehead atoms. The zero-order chi connectivity index (χ0) is 23.2. The van der Waals surface area contributed by atoms with E-state index in [1.165, 1.54) is 26.6 Å². The van der Waals surface area contributed by atoms with Crippen LogP contribution in [0.5, 0.6) is 17.2 Å². The second-order valence-corrected chi connectivity index (χ2v) is 7.07. The van der Waals surface area contributed by atoms with Gasteiger partial charge in [0.25, 0.3) is 5.91 Å². The number of amides is 1. The highest BCUT2D eigenvalue weighted by Gasteiger charge is 2.18. The largest absolute Gasteiger partial charge is 0.493 e. The Balaban J connectivity index is 1.54. The number of carbonyl (C=O) groups is 1. The summed E-state index contributed by atoms with van der Waals surface area (Å²) in [6.45, 7) is 0.307. The highest BCUT2D eigenvalue weighted by Crippen LogP contribution is 2.39. The molecule has 0 aliphatic rings. The standard InChI is InChI=1S/C25H22FN3O4/c1-31-22-12-18(13-23(32-2)24(22)33-15-17-6-4-3-5-7-17)25(30)28-19-8-9-21(20(26)14-19)29-11-10-27-16-29/h3-14,16H,15H2,1-2H3,(H,28,30). The summed E-state index contributed by atoms with van der Waals surface area (Å²) in [5, 5.41) is 2.70. The molecule has 0 atom stereocenters. The zero-order valence-corrected chi connectivity index (χ0v) is 18.1. The molecule has 4 rings (SSSR count). The van der Waals surface area contributed by atoms with Crippen molar-refractivity contribution in [3.63, 3.8) is 0 Å². The number of methoxy groups -OCH3 is 2. The molecule has 4 aromatic rings. The van der Waals surface area contributed by atoms with Gasteiger partial charge in [0.05, 0.1) is 26.2 Å². The quantitative estimate of drug-likeness (QED) is 0.418. The molecule has 7 nitrogen and oxygen atoms in total. The van der Waals surface area contributed by atoms with Gasteiger partial charge in [-0.25, -0.2) is 9.37 Å². The molecule has 8 heteroatoms. The lowest BCUT2D eigenvalue weighted by molar-refractivity contribution is 0.102. The number of hydrogen-bond donors (Lipinski definition) is 1. The van der Waals surface area contributed by atoms with E-state index < -0.39 is 11.7 Å². The fraction of sp³-hybridized carbons (Fsp3) is 0.120. The normalized spacial score (nSPS) is 10.5. The first-order valence-corrected chi connectivity index (χ1v) is 10.1. The van der Waals surface area contributed by atoms with Gasteiger partial charge in [-0.2, -0.15) is 0 Å². The van der Waals surface area contributed by atoms with Crippen LogP contribution in [0.4, 0.5) is 10.1 Å². The fourth-order valence-corrected chi connectivity index (χ4v) is 3.28. The molecule has 0 spiro atoms. The molecule has 168 valence electrons. The average Bonchev–Trinajstić information content (AvgIpc) is 3.37. The fourth-order valence-electron chi connectivity index (χ4n) is 3.28. The van der Waals surface area contributed by atoms with Crippen LogP contribution >= 0.6 is 0 Å². The number of aromatic nitrogens is 2. The maximum atomic E-state index is 14.5. The van der Waals surface area contributed by atoms with Gasteiger partial charge < -0.3 is 24.1 Å². The van der Waals surface area contributed by atoms with Crippen molar-refractivity contribution in [2.75, 3.05) is 19.5 Å². The Morgan fingerprint density at radius 2 is 1.76 bits per heavy atom. The van der Waals surface area contributed by atoms with Crippen LogP contribution in [0.15, 0.2) is 79.4 Å². The van der Waals surface area contributed by atoms with Crippen molar-refractivity contribution < 1.29 is 23.4 Å². The van der Waals surface area contributed by atoms with E-state index in [1.54, 1.807) is 41.2 Å². The highest BCUT2D eigenvalue weighted by atomic mass is 19.1. The number of rotatable bonds is 8. The van der Waals surface area contributed by atoms with Gasteiger partial charge in [-0.15, -0.1) is 0 Å². The van der Waals surface area contributed by atoms with E-state index in [2.05, 4.69) is 10.3 Å². The second kappa shape index (κ2) is 9.86. The van der Waals surface area contributed by atoms with Gasteiger partial charge in [-0.05, 0) is 35.9 Å². The first kappa shape index (κ1) is 21.9. The van der Waals surface area contributed by atoms with Crippen LogP contribution < -0.4 is 19.5 Å². The average molecular weight is 447 g/mol. The van der Waals surface area contributed by atoms with Gasteiger partial charge in [0, 0.05) is 23.6 Å². The van der Waals surface area contributed by atoms with Crippen LogP contribution in [0.3, 0.4) is 0 Å². The summed E-state index contributed by atoms with van der Waals surface area (Å²) in [6.07, 6.45) is 4.69. The number of nitrogens with one attached hydrogen (secondary N) is 1. The minimum absolute atomic E-state index is 0.273. The number of imidazole rings is 1. The van der Waals surface area contributed by atoms with Crippen LogP contribution in [0.25, 0.3) is 5.69 Å². The van der Waals surface area contributed by atoms with Crippen molar-refractivity contribution in [2.45, 2.75) is 6.61 Å². The van der Waals surface area contributed by atoms with E-state index in [1.807, 2.05) is 30.3 Å². The molecule has 1 aromatic heterocycles. The van der Waals surface area contributed by atoms with Crippen LogP contribution in [0.1, 0.15) is 15.9 Å². The van der Waals surface area contributed by atoms with E-state index in [-0.39, 0.29) is 5.56 Å². The van der Waals surface area contributed by atoms with Crippen LogP contribution in [0, 0.1) is 5.82 Å². The Kier molecular flexibility index (Phi) is 6.54. The Morgan fingerprint density at radius 1 is 1.03 bits per heavy atom. The molecule has 1 amide bonds. The molecule has 0 aliphatic heterocycles. The van der Waals surface area contributed by atoms with Gasteiger partial charge in [0.1, 0.15) is 12.4 Å². The number of ether oxygens (including phenoxy) is 3. The zero-order valence-electron chi connectivity index (χ0n) is 18.1. The molecule has 3 aromatic carbocycles. The lowest BCUT2D eigenvalue weighted by Crippen LogP contribution is -2.13. The van der Waals surface area contributed by atoms with Crippen LogP contribution in [-0.2, 0) is 6.61 Å². The smallest absolute Gasteiger partial charge is 0.255 e. The Morgan fingerprint density at radius 3 is 2.36 bits per heavy atom. The lowest BCUT2D eigenvalue weighted by atomic mass is 10.1. The molecule has 0 aliphatic carbocycles. The topological polar surface area (TPSA) is 74.6 Å². The third-order valence-corrected chi connectivity index (χ3v) is 4.94. The number of hydrogen-bond acceptors (Lipinski definition) is 5. The van der Waals surface area contributed by atoms with Crippen molar-refractivity contribution in [2.24, 2.45) is 0 Å². The van der Waals surface area contributed by atoms with Crippen molar-refractivity contribution in [3.05, 3.63) is 96.3 Å². The first-order valence-electron chi connectivity index (χ1n) is 10.1. The third kappa shape index (κ3) is 4.95. The molecule has 1 N–H and O–H groups in total. The lowest BCUT2D eigenvalue weighted by Gasteiger charge is -2.16. The molecular weight excluding hydrogens is 425 g/mol. The van der Waals surface area contributed by atoms with Gasteiger partial charge in [-0.1, -0.05) is 30.3 Å². The summed E-state index contributed by atoms with van der Waals surface area (Å²) in [4.78, 5) is 16.8. The van der Waals surface area contributed by atoms with Crippen LogP contribution in [-0.4, -0.2) is 29.7 Å². The molecule has 0 fully saturated rings. The van der Waals surface area contributed by atoms with E-state index in [0.29, 0.717) is 35.2 Å². The number of halogens is 1. The maximum absolute atomic E-state index is 14.5. The molecule has 0 saturated carbocycles. The van der Waals surface area contributed by atoms with Crippen molar-refractivity contribution >= 4 is 11.6 Å². The molecule has 0 unspecified atom stereocenters. The Bertz CT molecular complexity index is 1220. The number of anilines is 1. The van der Waals surface area contributed by atoms with E-state index in [0.717, 1.165) is 5.56 Å². The van der Waals surface area contributed by atoms with Gasteiger partial charge >= 0.3 is 0 Å². The highest BCUT2D eigenvalue weighted by molar-refractivity contribution is 6.05. The Labute approximate surface area is 190 Å². The SMILES string of the molecule is COc1cc(C(=O)Nc2ccc(-n3ccnc3)c(F)c2)cc(OC)c1OCc1ccccc1. The number of carbonyl (C=O) groups excluding carboxylic acids is 1. The maximum Gasteiger partial charge on any atom is 0.255 e. The summed E-state index contributed by atoms with van der Waals surface area (Å²) in [5.74, 6) is 0.131. The molecular formula is C25H22FN3O4. The minimum atomic E-state index is -0.495. The van der Waals surface area contributed by atoms with Gasteiger partial charge in [0.15, 0.2) is 11.5 Å². The summed E-state index contributed by atoms with van der Waals surface area (Å²) in [7, 11) is 2.96. The van der Waals surface area contributed by atoms with Crippen molar-refractivity contribution in [1.82, 2.24) is 9.55 Å². The Hall–Kier alpha value is -4.33. The number of nitrogens with zero attached hydrogens (tertiary/aromatic N) is 2. The van der Waals surface area contributed by atoms with E-state index in [9.17, 15) is 9.18 Å². The predicted molar refractivity (Wildman–Crippen MR) is 122 cm³/mol.